The Bertz CT molecular complexity index is 1070. The molecule has 0 bridgehead atoms. The lowest BCUT2D eigenvalue weighted by Gasteiger charge is -2.15. The number of rotatable bonds is 1. The van der Waals surface area contributed by atoms with E-state index in [-0.39, 0.29) is 0 Å². The summed E-state index contributed by atoms with van der Waals surface area (Å²) < 4.78 is 8.40. The molecule has 0 N–H and O–H groups in total. The highest BCUT2D eigenvalue weighted by Gasteiger charge is 2.24. The number of allylic oxidation sites excluding steroid dienone is 4. The Morgan fingerprint density at radius 1 is 1.00 bits per heavy atom. The predicted molar refractivity (Wildman–Crippen MR) is 107 cm³/mol. The molecule has 2 nitrogen and oxygen atoms in total. The van der Waals surface area contributed by atoms with Crippen molar-refractivity contribution < 1.29 is 9.30 Å². The summed E-state index contributed by atoms with van der Waals surface area (Å²) in [4.78, 5) is 0. The number of pyridine rings is 1. The number of aromatic nitrogens is 1. The number of benzene rings is 2. The molecule has 3 aromatic rings. The van der Waals surface area contributed by atoms with Crippen LogP contribution in [0.1, 0.15) is 18.2 Å². The third-order valence-electron chi connectivity index (χ3n) is 4.87. The molecule has 0 fully saturated rings. The van der Waals surface area contributed by atoms with Crippen LogP contribution in [0.5, 0.6) is 5.75 Å². The molecule has 0 saturated heterocycles. The highest BCUT2D eigenvalue weighted by molar-refractivity contribution is 5.95. The zero-order chi connectivity index (χ0) is 18.1. The Kier molecular flexibility index (Phi) is 4.18. The van der Waals surface area contributed by atoms with E-state index >= 15 is 0 Å². The minimum absolute atomic E-state index is 0.674. The maximum atomic E-state index is 6.25. The Morgan fingerprint density at radius 3 is 2.65 bits per heavy atom. The lowest BCUT2D eigenvalue weighted by atomic mass is 9.98. The fraction of sp³-hybridized carbons (Fsp3) is 0.125. The van der Waals surface area contributed by atoms with Crippen LogP contribution in [0.25, 0.3) is 16.3 Å². The molecular formula is C24H22NO+. The lowest BCUT2D eigenvalue weighted by molar-refractivity contribution is -0.672. The third-order valence-corrected chi connectivity index (χ3v) is 4.87. The first-order valence-electron chi connectivity index (χ1n) is 8.85. The van der Waals surface area contributed by atoms with Gasteiger partial charge < -0.3 is 4.74 Å². The van der Waals surface area contributed by atoms with Gasteiger partial charge in [-0.05, 0) is 42.0 Å². The molecule has 0 unspecified atom stereocenters. The van der Waals surface area contributed by atoms with Crippen molar-refractivity contribution in [2.45, 2.75) is 13.3 Å². The lowest BCUT2D eigenvalue weighted by Crippen LogP contribution is -2.33. The first-order chi connectivity index (χ1) is 12.6. The van der Waals surface area contributed by atoms with Gasteiger partial charge in [-0.25, -0.2) is 4.57 Å². The van der Waals surface area contributed by atoms with Crippen molar-refractivity contribution >= 4 is 16.3 Å². The molecule has 26 heavy (non-hydrogen) atoms. The van der Waals surface area contributed by atoms with E-state index in [9.17, 15) is 0 Å². The normalized spacial score (nSPS) is 15.7. The minimum Gasteiger partial charge on any atom is -0.457 e. The van der Waals surface area contributed by atoms with Crippen LogP contribution < -0.4 is 9.30 Å². The summed E-state index contributed by atoms with van der Waals surface area (Å²) in [5.74, 6) is 1.55. The number of hydrogen-bond acceptors (Lipinski definition) is 1. The van der Waals surface area contributed by atoms with Crippen LogP contribution in [0.15, 0.2) is 90.9 Å². The van der Waals surface area contributed by atoms with Crippen LogP contribution in [0, 0.1) is 0 Å². The number of para-hydroxylation sites is 1. The number of ether oxygens (including phenoxy) is 1. The summed E-state index contributed by atoms with van der Waals surface area (Å²) in [5, 5.41) is 2.40. The van der Waals surface area contributed by atoms with Crippen LogP contribution in [0.2, 0.25) is 0 Å². The molecule has 0 aliphatic carbocycles. The van der Waals surface area contributed by atoms with Crippen molar-refractivity contribution in [2.24, 2.45) is 7.05 Å². The highest BCUT2D eigenvalue weighted by Crippen LogP contribution is 2.33. The average molecular weight is 340 g/mol. The summed E-state index contributed by atoms with van der Waals surface area (Å²) >= 11 is 0. The van der Waals surface area contributed by atoms with E-state index in [4.69, 9.17) is 4.74 Å². The number of fused-ring (bicyclic) bond motifs is 2. The van der Waals surface area contributed by atoms with Crippen molar-refractivity contribution in [3.05, 3.63) is 102 Å². The monoisotopic (exact) mass is 340 g/mol. The molecule has 0 spiro atoms. The molecule has 0 radical (unpaired) electrons. The minimum atomic E-state index is 0.674. The van der Waals surface area contributed by atoms with Crippen LogP contribution in [0.3, 0.4) is 0 Å². The molecule has 128 valence electrons. The van der Waals surface area contributed by atoms with Crippen LogP contribution in [0.4, 0.5) is 0 Å². The third kappa shape index (κ3) is 2.84. The van der Waals surface area contributed by atoms with Gasteiger partial charge in [-0.1, -0.05) is 55.1 Å². The molecule has 2 heterocycles. The average Bonchev–Trinajstić information content (AvgIpc) is 2.70. The first-order valence-corrected chi connectivity index (χ1v) is 8.85. The summed E-state index contributed by atoms with van der Waals surface area (Å²) in [6.07, 6.45) is 7.31. The maximum Gasteiger partial charge on any atom is 0.224 e. The van der Waals surface area contributed by atoms with Crippen LogP contribution >= 0.6 is 0 Å². The summed E-state index contributed by atoms with van der Waals surface area (Å²) in [6.45, 7) is 6.41. The fourth-order valence-corrected chi connectivity index (χ4v) is 3.57. The van der Waals surface area contributed by atoms with Gasteiger partial charge in [-0.2, -0.15) is 0 Å². The molecule has 1 aliphatic rings. The maximum absolute atomic E-state index is 6.25. The molecule has 2 aromatic carbocycles. The van der Waals surface area contributed by atoms with Crippen molar-refractivity contribution in [1.29, 1.82) is 0 Å². The molecule has 0 saturated carbocycles. The van der Waals surface area contributed by atoms with Crippen molar-refractivity contribution in [3.63, 3.8) is 0 Å². The quantitative estimate of drug-likeness (QED) is 0.559. The van der Waals surface area contributed by atoms with Gasteiger partial charge in [0.1, 0.15) is 18.6 Å². The molecule has 0 amide bonds. The smallest absolute Gasteiger partial charge is 0.224 e. The molecule has 4 rings (SSSR count). The van der Waals surface area contributed by atoms with Crippen LogP contribution in [-0.4, -0.2) is 0 Å². The van der Waals surface area contributed by atoms with Gasteiger partial charge in [-0.3, -0.25) is 0 Å². The second kappa shape index (κ2) is 6.64. The van der Waals surface area contributed by atoms with E-state index in [1.165, 1.54) is 16.3 Å². The Hall–Kier alpha value is -3.13. The zero-order valence-corrected chi connectivity index (χ0v) is 15.2. The topological polar surface area (TPSA) is 13.1 Å². The number of nitrogens with zero attached hydrogens (tertiary/aromatic N) is 1. The standard InChI is InChI=1S/C24H22NO/c1-17-9-8-12-20-11-5-7-14-22(20)26-18(2)23(17)24-21-13-6-4-10-19(21)15-16-25(24)3/h4-11,13-16H,2,12H2,1,3H3/q+1/b9-8-,23-17?. The van der Waals surface area contributed by atoms with Gasteiger partial charge in [-0.15, -0.1) is 0 Å². The van der Waals surface area contributed by atoms with Gasteiger partial charge in [0.05, 0.1) is 11.0 Å². The van der Waals surface area contributed by atoms with Crippen molar-refractivity contribution in [2.75, 3.05) is 0 Å². The molecule has 1 aliphatic heterocycles. The Balaban J connectivity index is 1.95. The molecule has 0 atom stereocenters. The van der Waals surface area contributed by atoms with E-state index in [1.807, 2.05) is 18.2 Å². The second-order valence-electron chi connectivity index (χ2n) is 6.66. The zero-order valence-electron chi connectivity index (χ0n) is 15.2. The van der Waals surface area contributed by atoms with Gasteiger partial charge in [0.2, 0.25) is 5.69 Å². The van der Waals surface area contributed by atoms with Gasteiger partial charge >= 0.3 is 0 Å². The van der Waals surface area contributed by atoms with E-state index < -0.39 is 0 Å². The number of hydrogen-bond donors (Lipinski definition) is 0. The largest absolute Gasteiger partial charge is 0.457 e. The van der Waals surface area contributed by atoms with Crippen molar-refractivity contribution in [1.82, 2.24) is 0 Å². The van der Waals surface area contributed by atoms with Gasteiger partial charge in [0.15, 0.2) is 6.20 Å². The SMILES string of the molecule is C=C1Oc2ccccc2C/C=C\C(C)=C1c1c2ccccc2cc[n+]1C. The fourth-order valence-electron chi connectivity index (χ4n) is 3.57. The van der Waals surface area contributed by atoms with Crippen LogP contribution in [-0.2, 0) is 13.5 Å². The predicted octanol–water partition coefficient (Wildman–Crippen LogP) is 5.14. The van der Waals surface area contributed by atoms with E-state index in [1.54, 1.807) is 0 Å². The first kappa shape index (κ1) is 16.3. The summed E-state index contributed by atoms with van der Waals surface area (Å²) in [6, 6.07) is 18.7. The van der Waals surface area contributed by atoms with Gasteiger partial charge in [0.25, 0.3) is 0 Å². The van der Waals surface area contributed by atoms with E-state index in [2.05, 4.69) is 79.9 Å². The van der Waals surface area contributed by atoms with E-state index in [0.29, 0.717) is 5.76 Å². The molecule has 1 aromatic heterocycles. The van der Waals surface area contributed by atoms with Gasteiger partial charge in [0, 0.05) is 6.07 Å². The number of aryl methyl sites for hydroxylation is 1. The summed E-state index contributed by atoms with van der Waals surface area (Å²) in [7, 11) is 2.07. The summed E-state index contributed by atoms with van der Waals surface area (Å²) in [5.41, 5.74) is 4.47. The molecule has 2 heteroatoms. The second-order valence-corrected chi connectivity index (χ2v) is 6.66. The Labute approximate surface area is 154 Å². The Morgan fingerprint density at radius 2 is 1.77 bits per heavy atom. The van der Waals surface area contributed by atoms with Crippen molar-refractivity contribution in [3.8, 4) is 5.75 Å². The van der Waals surface area contributed by atoms with E-state index in [0.717, 1.165) is 29.0 Å². The molecular weight excluding hydrogens is 318 g/mol. The highest BCUT2D eigenvalue weighted by atomic mass is 16.5.